The Morgan fingerprint density at radius 1 is 1.44 bits per heavy atom. The third-order valence-corrected chi connectivity index (χ3v) is 3.63. The van der Waals surface area contributed by atoms with Crippen LogP contribution in [0.3, 0.4) is 0 Å². The van der Waals surface area contributed by atoms with Gasteiger partial charge in [-0.3, -0.25) is 4.79 Å². The standard InChI is InChI=1S/C15H17NO2/c1-16-10-13(12-6-2-3-7-14(12)16)15(17)9-11-5-4-8-18-11/h2-3,6-7,10-11H,4-5,8-9H2,1H3. The molecule has 0 aliphatic carbocycles. The number of Topliss-reactive ketones (excluding diaryl/α,β-unsaturated/α-hetero) is 1. The summed E-state index contributed by atoms with van der Waals surface area (Å²) < 4.78 is 7.55. The van der Waals surface area contributed by atoms with Crippen LogP contribution in [0.25, 0.3) is 10.9 Å². The highest BCUT2D eigenvalue weighted by Crippen LogP contribution is 2.24. The topological polar surface area (TPSA) is 31.2 Å². The summed E-state index contributed by atoms with van der Waals surface area (Å²) in [6, 6.07) is 8.03. The van der Waals surface area contributed by atoms with Gasteiger partial charge >= 0.3 is 0 Å². The molecule has 0 bridgehead atoms. The second-order valence-electron chi connectivity index (χ2n) is 4.93. The Balaban J connectivity index is 1.91. The molecule has 1 atom stereocenters. The van der Waals surface area contributed by atoms with Gasteiger partial charge in [-0.15, -0.1) is 0 Å². The van der Waals surface area contributed by atoms with Gasteiger partial charge in [0.2, 0.25) is 0 Å². The molecule has 1 aromatic heterocycles. The second-order valence-corrected chi connectivity index (χ2v) is 4.93. The number of ether oxygens (including phenoxy) is 1. The minimum atomic E-state index is 0.122. The summed E-state index contributed by atoms with van der Waals surface area (Å²) in [4.78, 5) is 12.3. The van der Waals surface area contributed by atoms with E-state index in [1.165, 1.54) is 0 Å². The summed E-state index contributed by atoms with van der Waals surface area (Å²) in [5, 5.41) is 1.04. The minimum absolute atomic E-state index is 0.122. The van der Waals surface area contributed by atoms with Gasteiger partial charge in [-0.25, -0.2) is 0 Å². The number of nitrogens with zero attached hydrogens (tertiary/aromatic N) is 1. The highest BCUT2D eigenvalue weighted by Gasteiger charge is 2.21. The Morgan fingerprint density at radius 2 is 2.28 bits per heavy atom. The average Bonchev–Trinajstić information content (AvgIpc) is 2.98. The second kappa shape index (κ2) is 4.58. The maximum Gasteiger partial charge on any atom is 0.167 e. The average molecular weight is 243 g/mol. The molecule has 3 rings (SSSR count). The van der Waals surface area contributed by atoms with Crippen molar-refractivity contribution in [3.8, 4) is 0 Å². The number of ketones is 1. The molecule has 0 amide bonds. The fourth-order valence-electron chi connectivity index (χ4n) is 2.69. The van der Waals surface area contributed by atoms with Crippen LogP contribution in [0, 0.1) is 0 Å². The first-order valence-electron chi connectivity index (χ1n) is 6.44. The van der Waals surface area contributed by atoms with Gasteiger partial charge in [0.05, 0.1) is 6.10 Å². The zero-order valence-corrected chi connectivity index (χ0v) is 10.6. The maximum absolute atomic E-state index is 12.3. The van der Waals surface area contributed by atoms with Crippen molar-refractivity contribution in [1.29, 1.82) is 0 Å². The number of aromatic nitrogens is 1. The molecule has 1 aromatic carbocycles. The predicted molar refractivity (Wildman–Crippen MR) is 70.8 cm³/mol. The zero-order valence-electron chi connectivity index (χ0n) is 10.6. The number of hydrogen-bond donors (Lipinski definition) is 0. The lowest BCUT2D eigenvalue weighted by molar-refractivity contribution is 0.0777. The first-order chi connectivity index (χ1) is 8.75. The third-order valence-electron chi connectivity index (χ3n) is 3.63. The molecule has 1 aliphatic rings. The molecular formula is C15H17NO2. The fraction of sp³-hybridized carbons (Fsp3) is 0.400. The van der Waals surface area contributed by atoms with Crippen molar-refractivity contribution in [1.82, 2.24) is 4.57 Å². The molecule has 18 heavy (non-hydrogen) atoms. The van der Waals surface area contributed by atoms with Crippen molar-refractivity contribution < 1.29 is 9.53 Å². The van der Waals surface area contributed by atoms with Crippen LogP contribution in [-0.2, 0) is 11.8 Å². The van der Waals surface area contributed by atoms with Crippen LogP contribution in [-0.4, -0.2) is 23.1 Å². The maximum atomic E-state index is 12.3. The number of hydrogen-bond acceptors (Lipinski definition) is 2. The molecule has 3 heteroatoms. The molecule has 2 heterocycles. The SMILES string of the molecule is Cn1cc(C(=O)CC2CCCO2)c2ccccc21. The molecule has 1 fully saturated rings. The van der Waals surface area contributed by atoms with E-state index in [4.69, 9.17) is 4.74 Å². The molecular weight excluding hydrogens is 226 g/mol. The first kappa shape index (κ1) is 11.5. The van der Waals surface area contributed by atoms with E-state index in [2.05, 4.69) is 0 Å². The monoisotopic (exact) mass is 243 g/mol. The number of aryl methyl sites for hydroxylation is 1. The van der Waals surface area contributed by atoms with Crippen LogP contribution in [0.4, 0.5) is 0 Å². The van der Waals surface area contributed by atoms with Crippen molar-refractivity contribution >= 4 is 16.7 Å². The van der Waals surface area contributed by atoms with Gasteiger partial charge < -0.3 is 9.30 Å². The highest BCUT2D eigenvalue weighted by molar-refractivity contribution is 6.08. The Hall–Kier alpha value is -1.61. The van der Waals surface area contributed by atoms with Gasteiger partial charge in [0.1, 0.15) is 0 Å². The van der Waals surface area contributed by atoms with Crippen molar-refractivity contribution in [3.63, 3.8) is 0 Å². The number of rotatable bonds is 3. The van der Waals surface area contributed by atoms with E-state index in [0.717, 1.165) is 35.9 Å². The van der Waals surface area contributed by atoms with Gasteiger partial charge in [-0.1, -0.05) is 18.2 Å². The molecule has 1 saturated heterocycles. The zero-order chi connectivity index (χ0) is 12.5. The lowest BCUT2D eigenvalue weighted by Crippen LogP contribution is -2.12. The number of fused-ring (bicyclic) bond motifs is 1. The van der Waals surface area contributed by atoms with E-state index in [1.54, 1.807) is 0 Å². The highest BCUT2D eigenvalue weighted by atomic mass is 16.5. The smallest absolute Gasteiger partial charge is 0.167 e. The van der Waals surface area contributed by atoms with Crippen molar-refractivity contribution in [2.45, 2.75) is 25.4 Å². The molecule has 0 spiro atoms. The van der Waals surface area contributed by atoms with Crippen molar-refractivity contribution in [2.75, 3.05) is 6.61 Å². The summed E-state index contributed by atoms with van der Waals surface area (Å²) in [6.45, 7) is 0.799. The number of carbonyl (C=O) groups is 1. The summed E-state index contributed by atoms with van der Waals surface area (Å²) in [5.41, 5.74) is 1.93. The number of benzene rings is 1. The number of carbonyl (C=O) groups excluding carboxylic acids is 1. The summed E-state index contributed by atoms with van der Waals surface area (Å²) in [6.07, 6.45) is 4.65. The number of para-hydroxylation sites is 1. The van der Waals surface area contributed by atoms with Gasteiger partial charge in [-0.05, 0) is 18.9 Å². The van der Waals surface area contributed by atoms with E-state index in [-0.39, 0.29) is 11.9 Å². The Bertz CT molecular complexity index is 579. The molecule has 0 radical (unpaired) electrons. The molecule has 1 aliphatic heterocycles. The van der Waals surface area contributed by atoms with E-state index in [1.807, 2.05) is 42.1 Å². The van der Waals surface area contributed by atoms with Gasteiger partial charge in [0.25, 0.3) is 0 Å². The van der Waals surface area contributed by atoms with Gasteiger partial charge in [-0.2, -0.15) is 0 Å². The predicted octanol–water partition coefficient (Wildman–Crippen LogP) is 2.93. The minimum Gasteiger partial charge on any atom is -0.378 e. The lowest BCUT2D eigenvalue weighted by atomic mass is 10.0. The molecule has 0 N–H and O–H groups in total. The summed E-state index contributed by atoms with van der Waals surface area (Å²) in [7, 11) is 1.98. The molecule has 0 saturated carbocycles. The van der Waals surface area contributed by atoms with Crippen LogP contribution in [0.5, 0.6) is 0 Å². The van der Waals surface area contributed by atoms with Crippen LogP contribution < -0.4 is 0 Å². The Labute approximate surface area is 106 Å². The largest absolute Gasteiger partial charge is 0.378 e. The summed E-state index contributed by atoms with van der Waals surface area (Å²) in [5.74, 6) is 0.193. The van der Waals surface area contributed by atoms with E-state index < -0.39 is 0 Å². The van der Waals surface area contributed by atoms with E-state index in [9.17, 15) is 4.79 Å². The first-order valence-corrected chi connectivity index (χ1v) is 6.44. The summed E-state index contributed by atoms with van der Waals surface area (Å²) >= 11 is 0. The van der Waals surface area contributed by atoms with Gasteiger partial charge in [0, 0.05) is 42.7 Å². The van der Waals surface area contributed by atoms with Crippen LogP contribution in [0.1, 0.15) is 29.6 Å². The fourth-order valence-corrected chi connectivity index (χ4v) is 2.69. The van der Waals surface area contributed by atoms with Crippen LogP contribution >= 0.6 is 0 Å². The van der Waals surface area contributed by atoms with E-state index in [0.29, 0.717) is 6.42 Å². The molecule has 2 aromatic rings. The van der Waals surface area contributed by atoms with Crippen molar-refractivity contribution in [2.24, 2.45) is 7.05 Å². The van der Waals surface area contributed by atoms with Crippen LogP contribution in [0.2, 0.25) is 0 Å². The molecule has 1 unspecified atom stereocenters. The van der Waals surface area contributed by atoms with E-state index >= 15 is 0 Å². The van der Waals surface area contributed by atoms with Crippen molar-refractivity contribution in [3.05, 3.63) is 36.0 Å². The molecule has 3 nitrogen and oxygen atoms in total. The Morgan fingerprint density at radius 3 is 3.06 bits per heavy atom. The quantitative estimate of drug-likeness (QED) is 0.776. The molecule has 94 valence electrons. The normalized spacial score (nSPS) is 19.5. The van der Waals surface area contributed by atoms with Gasteiger partial charge in [0.15, 0.2) is 5.78 Å². The third kappa shape index (κ3) is 1.95. The van der Waals surface area contributed by atoms with Crippen LogP contribution in [0.15, 0.2) is 30.5 Å². The Kier molecular flexibility index (Phi) is 2.92. The lowest BCUT2D eigenvalue weighted by Gasteiger charge is -2.07.